The molecule has 0 saturated heterocycles. The molecule has 1 heterocycles. The van der Waals surface area contributed by atoms with E-state index < -0.39 is 11.4 Å². The number of rotatable bonds is 4. The largest absolute Gasteiger partial charge is 0.497 e. The van der Waals surface area contributed by atoms with Crippen LogP contribution in [0.15, 0.2) is 57.7 Å². The lowest BCUT2D eigenvalue weighted by Crippen LogP contribution is -2.03. The number of benzene rings is 3. The molecule has 0 aliphatic carbocycles. The summed E-state index contributed by atoms with van der Waals surface area (Å²) in [5, 5.41) is 2.29. The van der Waals surface area contributed by atoms with Gasteiger partial charge in [-0.25, -0.2) is 9.18 Å². The average molecular weight is 399 g/mol. The van der Waals surface area contributed by atoms with Gasteiger partial charge in [-0.05, 0) is 49.4 Å². The van der Waals surface area contributed by atoms with E-state index in [0.29, 0.717) is 33.1 Å². The summed E-state index contributed by atoms with van der Waals surface area (Å²) < 4.78 is 30.5. The molecule has 0 saturated carbocycles. The van der Waals surface area contributed by atoms with E-state index in [9.17, 15) is 9.18 Å². The van der Waals surface area contributed by atoms with Gasteiger partial charge >= 0.3 is 5.63 Å². The molecule has 3 aromatic carbocycles. The highest BCUT2D eigenvalue weighted by molar-refractivity contribution is 6.31. The van der Waals surface area contributed by atoms with E-state index in [0.717, 1.165) is 10.8 Å². The average Bonchev–Trinajstić information content (AvgIpc) is 2.69. The molecule has 0 fully saturated rings. The highest BCUT2D eigenvalue weighted by atomic mass is 35.5. The van der Waals surface area contributed by atoms with Gasteiger partial charge in [0, 0.05) is 21.9 Å². The maximum Gasteiger partial charge on any atom is 0.344 e. The van der Waals surface area contributed by atoms with Crippen LogP contribution in [0.3, 0.4) is 0 Å². The van der Waals surface area contributed by atoms with Crippen molar-refractivity contribution >= 4 is 33.3 Å². The Hall–Kier alpha value is -3.05. The van der Waals surface area contributed by atoms with Gasteiger partial charge in [-0.1, -0.05) is 17.7 Å². The number of methoxy groups -OCH3 is 1. The van der Waals surface area contributed by atoms with Gasteiger partial charge in [-0.2, -0.15) is 0 Å². The van der Waals surface area contributed by atoms with Crippen molar-refractivity contribution in [2.45, 2.75) is 13.5 Å². The van der Waals surface area contributed by atoms with Crippen LogP contribution in [0, 0.1) is 12.7 Å². The van der Waals surface area contributed by atoms with Crippen molar-refractivity contribution in [2.24, 2.45) is 0 Å². The summed E-state index contributed by atoms with van der Waals surface area (Å²) in [6.45, 7) is 1.76. The second-order valence-electron chi connectivity index (χ2n) is 6.36. The van der Waals surface area contributed by atoms with Crippen LogP contribution in [-0.2, 0) is 6.61 Å². The van der Waals surface area contributed by atoms with Gasteiger partial charge in [0.1, 0.15) is 29.5 Å². The summed E-state index contributed by atoms with van der Waals surface area (Å²) in [6, 6.07) is 13.3. The van der Waals surface area contributed by atoms with E-state index in [1.54, 1.807) is 38.3 Å². The summed E-state index contributed by atoms with van der Waals surface area (Å²) in [4.78, 5) is 12.5. The molecule has 0 amide bonds. The maximum absolute atomic E-state index is 14.0. The van der Waals surface area contributed by atoms with Crippen molar-refractivity contribution < 1.29 is 18.3 Å². The topological polar surface area (TPSA) is 48.7 Å². The van der Waals surface area contributed by atoms with Crippen molar-refractivity contribution in [3.05, 3.63) is 80.9 Å². The fraction of sp³-hybridized carbons (Fsp3) is 0.136. The zero-order chi connectivity index (χ0) is 19.8. The first kappa shape index (κ1) is 18.3. The molecule has 0 aliphatic rings. The number of ether oxygens (including phenoxy) is 2. The van der Waals surface area contributed by atoms with Gasteiger partial charge in [0.2, 0.25) is 0 Å². The molecule has 0 unspecified atom stereocenters. The predicted molar refractivity (Wildman–Crippen MR) is 107 cm³/mol. The van der Waals surface area contributed by atoms with E-state index >= 15 is 0 Å². The number of hydrogen-bond donors (Lipinski definition) is 0. The SMILES string of the molecule is COc1ccc2c(c1)c(=O)oc1c(C)c(OCc3c(F)cccc3Cl)ccc12. The van der Waals surface area contributed by atoms with Gasteiger partial charge in [0.25, 0.3) is 0 Å². The first-order valence-electron chi connectivity index (χ1n) is 8.59. The zero-order valence-electron chi connectivity index (χ0n) is 15.2. The first-order chi connectivity index (χ1) is 13.5. The van der Waals surface area contributed by atoms with Crippen LogP contribution in [0.2, 0.25) is 5.02 Å². The van der Waals surface area contributed by atoms with E-state index in [2.05, 4.69) is 0 Å². The molecular weight excluding hydrogens is 383 g/mol. The Bertz CT molecular complexity index is 1240. The lowest BCUT2D eigenvalue weighted by atomic mass is 10.0. The van der Waals surface area contributed by atoms with E-state index in [1.807, 2.05) is 12.1 Å². The fourth-order valence-corrected chi connectivity index (χ4v) is 3.41. The van der Waals surface area contributed by atoms with Crippen molar-refractivity contribution in [3.8, 4) is 11.5 Å². The molecule has 142 valence electrons. The minimum Gasteiger partial charge on any atom is -0.497 e. The smallest absolute Gasteiger partial charge is 0.344 e. The highest BCUT2D eigenvalue weighted by Crippen LogP contribution is 2.33. The van der Waals surface area contributed by atoms with E-state index in [4.69, 9.17) is 25.5 Å². The Morgan fingerprint density at radius 1 is 1.07 bits per heavy atom. The normalized spacial score (nSPS) is 11.1. The summed E-state index contributed by atoms with van der Waals surface area (Å²) in [7, 11) is 1.54. The molecule has 0 aliphatic heterocycles. The molecule has 28 heavy (non-hydrogen) atoms. The third kappa shape index (κ3) is 3.08. The number of hydrogen-bond acceptors (Lipinski definition) is 4. The van der Waals surface area contributed by atoms with Crippen molar-refractivity contribution in [3.63, 3.8) is 0 Å². The van der Waals surface area contributed by atoms with Gasteiger partial charge < -0.3 is 13.9 Å². The molecule has 4 aromatic rings. The second-order valence-corrected chi connectivity index (χ2v) is 6.76. The number of aryl methyl sites for hydroxylation is 1. The summed E-state index contributed by atoms with van der Waals surface area (Å²) in [6.07, 6.45) is 0. The minimum absolute atomic E-state index is 0.0349. The Morgan fingerprint density at radius 3 is 2.61 bits per heavy atom. The summed E-state index contributed by atoms with van der Waals surface area (Å²) in [5.41, 5.74) is 0.897. The Kier molecular flexibility index (Phi) is 4.69. The predicted octanol–water partition coefficient (Wildman–Crippen LogP) is 5.63. The number of halogens is 2. The van der Waals surface area contributed by atoms with Crippen molar-refractivity contribution in [2.75, 3.05) is 7.11 Å². The van der Waals surface area contributed by atoms with Crippen LogP contribution in [0.25, 0.3) is 21.7 Å². The Labute approximate surface area is 165 Å². The zero-order valence-corrected chi connectivity index (χ0v) is 16.0. The second kappa shape index (κ2) is 7.17. The van der Waals surface area contributed by atoms with Gasteiger partial charge in [0.15, 0.2) is 0 Å². The summed E-state index contributed by atoms with van der Waals surface area (Å²) in [5.74, 6) is 0.637. The molecule has 0 radical (unpaired) electrons. The van der Waals surface area contributed by atoms with Crippen molar-refractivity contribution in [1.82, 2.24) is 0 Å². The minimum atomic E-state index is -0.459. The Morgan fingerprint density at radius 2 is 1.86 bits per heavy atom. The molecule has 0 atom stereocenters. The molecule has 6 heteroatoms. The third-order valence-electron chi connectivity index (χ3n) is 4.72. The monoisotopic (exact) mass is 398 g/mol. The van der Waals surface area contributed by atoms with Crippen LogP contribution < -0.4 is 15.1 Å². The fourth-order valence-electron chi connectivity index (χ4n) is 3.20. The van der Waals surface area contributed by atoms with E-state index in [1.165, 1.54) is 12.1 Å². The van der Waals surface area contributed by atoms with Crippen LogP contribution in [-0.4, -0.2) is 7.11 Å². The highest BCUT2D eigenvalue weighted by Gasteiger charge is 2.14. The van der Waals surface area contributed by atoms with Gasteiger partial charge in [0.05, 0.1) is 17.5 Å². The van der Waals surface area contributed by atoms with Gasteiger partial charge in [-0.3, -0.25) is 0 Å². The van der Waals surface area contributed by atoms with Crippen LogP contribution in [0.5, 0.6) is 11.5 Å². The van der Waals surface area contributed by atoms with Crippen LogP contribution >= 0.6 is 11.6 Å². The standard InChI is InChI=1S/C22H16ClFO4/c1-12-20(27-11-17-18(23)4-3-5-19(17)24)9-8-15-14-7-6-13(26-2)10-16(14)22(25)28-21(12)15/h3-10H,11H2,1-2H3. The Balaban J connectivity index is 1.79. The van der Waals surface area contributed by atoms with E-state index in [-0.39, 0.29) is 12.2 Å². The quantitative estimate of drug-likeness (QED) is 0.330. The third-order valence-corrected chi connectivity index (χ3v) is 5.08. The summed E-state index contributed by atoms with van der Waals surface area (Å²) >= 11 is 6.05. The number of fused-ring (bicyclic) bond motifs is 3. The lowest BCUT2D eigenvalue weighted by Gasteiger charge is -2.13. The van der Waals surface area contributed by atoms with Crippen molar-refractivity contribution in [1.29, 1.82) is 0 Å². The lowest BCUT2D eigenvalue weighted by molar-refractivity contribution is 0.298. The molecule has 0 spiro atoms. The molecule has 4 nitrogen and oxygen atoms in total. The molecule has 0 bridgehead atoms. The molecule has 0 N–H and O–H groups in total. The first-order valence-corrected chi connectivity index (χ1v) is 8.97. The maximum atomic E-state index is 14.0. The molecular formula is C22H16ClFO4. The molecule has 4 rings (SSSR count). The molecule has 1 aromatic heterocycles. The van der Waals surface area contributed by atoms with Crippen LogP contribution in [0.4, 0.5) is 4.39 Å². The van der Waals surface area contributed by atoms with Crippen LogP contribution in [0.1, 0.15) is 11.1 Å². The van der Waals surface area contributed by atoms with Gasteiger partial charge in [-0.15, -0.1) is 0 Å².